The van der Waals surface area contributed by atoms with Crippen LogP contribution in [0.2, 0.25) is 0 Å². The summed E-state index contributed by atoms with van der Waals surface area (Å²) in [6.07, 6.45) is -13.2. The Bertz CT molecular complexity index is 473. The van der Waals surface area contributed by atoms with Gasteiger partial charge in [0.1, 0.15) is 0 Å². The average Bonchev–Trinajstić information content (AvgIpc) is 2.25. The smallest absolute Gasteiger partial charge is 0.399 e. The first-order valence-corrected chi connectivity index (χ1v) is 4.81. The molecule has 0 saturated heterocycles. The summed E-state index contributed by atoms with van der Waals surface area (Å²) in [5.41, 5.74) is -2.97. The summed E-state index contributed by atoms with van der Waals surface area (Å²) >= 11 is 0. The molecule has 0 aliphatic rings. The van der Waals surface area contributed by atoms with Crippen LogP contribution >= 0.6 is 0 Å². The molecule has 1 aromatic carbocycles. The lowest BCUT2D eigenvalue weighted by atomic mass is 9.87. The van der Waals surface area contributed by atoms with Gasteiger partial charge >= 0.3 is 23.9 Å². The van der Waals surface area contributed by atoms with Gasteiger partial charge in [0.05, 0.1) is 0 Å². The first kappa shape index (κ1) is 16.4. The summed E-state index contributed by atoms with van der Waals surface area (Å²) in [6.45, 7) is 0. The molecule has 0 aliphatic heterocycles. The second-order valence-electron chi connectivity index (χ2n) is 3.85. The van der Waals surface area contributed by atoms with Crippen molar-refractivity contribution < 1.29 is 39.5 Å². The molecule has 2 N–H and O–H groups in total. The van der Waals surface area contributed by atoms with Crippen LogP contribution < -0.4 is 5.73 Å². The minimum atomic E-state index is -6.72. The maximum absolute atomic E-state index is 13.8. The highest BCUT2D eigenvalue weighted by atomic mass is 19.4. The van der Waals surface area contributed by atoms with Crippen LogP contribution in [0.4, 0.5) is 45.2 Å². The normalized spacial score (nSPS) is 16.9. The van der Waals surface area contributed by atoms with Crippen LogP contribution in [0.1, 0.15) is 5.56 Å². The Morgan fingerprint density at radius 1 is 0.650 bits per heavy atom. The Labute approximate surface area is 106 Å². The predicted octanol–water partition coefficient (Wildman–Crippen LogP) is 4.19. The van der Waals surface area contributed by atoms with Crippen LogP contribution in [-0.4, -0.2) is 18.3 Å². The van der Waals surface area contributed by atoms with Crippen molar-refractivity contribution in [3.05, 3.63) is 29.8 Å². The minimum absolute atomic E-state index is 0.127. The molecule has 114 valence electrons. The van der Waals surface area contributed by atoms with Gasteiger partial charge in [0.2, 0.25) is 0 Å². The zero-order valence-corrected chi connectivity index (χ0v) is 9.29. The van der Waals surface area contributed by atoms with Crippen molar-refractivity contribution in [3.8, 4) is 0 Å². The molecule has 1 nitrogen and oxygen atoms in total. The van der Waals surface area contributed by atoms with Crippen molar-refractivity contribution in [1.82, 2.24) is 0 Å². The monoisotopic (exact) mass is 311 g/mol. The Hall–Kier alpha value is -1.61. The number of hydrogen-bond acceptors (Lipinski definition) is 1. The molecule has 0 bridgehead atoms. The van der Waals surface area contributed by atoms with Crippen molar-refractivity contribution in [2.24, 2.45) is 0 Å². The number of benzene rings is 1. The van der Waals surface area contributed by atoms with Gasteiger partial charge in [0.25, 0.3) is 0 Å². The van der Waals surface area contributed by atoms with E-state index in [2.05, 4.69) is 0 Å². The van der Waals surface area contributed by atoms with Gasteiger partial charge < -0.3 is 5.73 Å². The molecule has 1 aromatic rings. The van der Waals surface area contributed by atoms with E-state index in [4.69, 9.17) is 5.73 Å². The lowest BCUT2D eigenvalue weighted by Crippen LogP contribution is -2.59. The number of halogens is 9. The van der Waals surface area contributed by atoms with E-state index < -0.39 is 29.5 Å². The molecule has 1 atom stereocenters. The quantitative estimate of drug-likeness (QED) is 0.643. The fraction of sp³-hybridized carbons (Fsp3) is 0.400. The summed E-state index contributed by atoms with van der Waals surface area (Å²) in [7, 11) is 0. The first-order chi connectivity index (χ1) is 8.75. The Kier molecular flexibility index (Phi) is 3.66. The highest BCUT2D eigenvalue weighted by Gasteiger charge is 2.81. The SMILES string of the molecule is Nc1ccc([C@](F)(C(F)(F)F)C(F)(F)C(F)(F)F)cc1. The fourth-order valence-electron chi connectivity index (χ4n) is 1.43. The van der Waals surface area contributed by atoms with Gasteiger partial charge in [0, 0.05) is 11.3 Å². The molecular weight excluding hydrogens is 305 g/mol. The third-order valence-corrected chi connectivity index (χ3v) is 2.49. The molecule has 0 unspecified atom stereocenters. The Balaban J connectivity index is 3.58. The van der Waals surface area contributed by atoms with Crippen molar-refractivity contribution in [2.45, 2.75) is 23.9 Å². The fourth-order valence-corrected chi connectivity index (χ4v) is 1.43. The number of rotatable bonds is 2. The van der Waals surface area contributed by atoms with Crippen LogP contribution in [-0.2, 0) is 5.67 Å². The standard InChI is InChI=1S/C10H6F9N/c11-7(9(14,15)16,8(12,13)10(17,18)19)5-1-3-6(20)4-2-5/h1-4H,20H2/t7-/m1/s1. The van der Waals surface area contributed by atoms with E-state index in [1.807, 2.05) is 0 Å². The lowest BCUT2D eigenvalue weighted by molar-refractivity contribution is -0.389. The van der Waals surface area contributed by atoms with Crippen LogP contribution in [0.5, 0.6) is 0 Å². The van der Waals surface area contributed by atoms with Crippen LogP contribution in [0.25, 0.3) is 0 Å². The number of alkyl halides is 9. The maximum atomic E-state index is 13.8. The molecule has 0 heterocycles. The van der Waals surface area contributed by atoms with Crippen molar-refractivity contribution in [3.63, 3.8) is 0 Å². The van der Waals surface area contributed by atoms with E-state index in [9.17, 15) is 39.5 Å². The molecule has 0 amide bonds. The molecule has 0 spiro atoms. The van der Waals surface area contributed by atoms with Crippen molar-refractivity contribution in [2.75, 3.05) is 5.73 Å². The number of nitrogen functional groups attached to an aromatic ring is 1. The third kappa shape index (κ3) is 2.27. The summed E-state index contributed by atoms with van der Waals surface area (Å²) in [5.74, 6) is -6.66. The molecule has 0 radical (unpaired) electrons. The van der Waals surface area contributed by atoms with Crippen LogP contribution in [0, 0.1) is 0 Å². The Morgan fingerprint density at radius 3 is 1.35 bits per heavy atom. The zero-order valence-electron chi connectivity index (χ0n) is 9.29. The maximum Gasteiger partial charge on any atom is 0.457 e. The number of anilines is 1. The van der Waals surface area contributed by atoms with Gasteiger partial charge in [-0.25, -0.2) is 4.39 Å². The van der Waals surface area contributed by atoms with Crippen LogP contribution in [0.15, 0.2) is 24.3 Å². The topological polar surface area (TPSA) is 26.0 Å². The molecule has 1 rings (SSSR count). The van der Waals surface area contributed by atoms with Gasteiger partial charge in [-0.15, -0.1) is 0 Å². The summed E-state index contributed by atoms with van der Waals surface area (Å²) < 4.78 is 114. The van der Waals surface area contributed by atoms with E-state index in [0.717, 1.165) is 0 Å². The molecule has 10 heteroatoms. The molecular formula is C10H6F9N. The average molecular weight is 311 g/mol. The van der Waals surface area contributed by atoms with E-state index in [1.54, 1.807) is 0 Å². The first-order valence-electron chi connectivity index (χ1n) is 4.81. The van der Waals surface area contributed by atoms with E-state index in [-0.39, 0.29) is 17.8 Å². The summed E-state index contributed by atoms with van der Waals surface area (Å²) in [6, 6.07) is 1.43. The van der Waals surface area contributed by atoms with Gasteiger partial charge in [-0.05, 0) is 12.1 Å². The van der Waals surface area contributed by atoms with Gasteiger partial charge in [-0.3, -0.25) is 0 Å². The summed E-state index contributed by atoms with van der Waals surface area (Å²) in [5, 5.41) is 0. The Morgan fingerprint density at radius 2 is 1.05 bits per heavy atom. The predicted molar refractivity (Wildman–Crippen MR) is 50.7 cm³/mol. The second-order valence-corrected chi connectivity index (χ2v) is 3.85. The third-order valence-electron chi connectivity index (χ3n) is 2.49. The molecule has 0 saturated carbocycles. The van der Waals surface area contributed by atoms with E-state index in [1.165, 1.54) is 0 Å². The van der Waals surface area contributed by atoms with Crippen molar-refractivity contribution in [1.29, 1.82) is 0 Å². The minimum Gasteiger partial charge on any atom is -0.399 e. The highest BCUT2D eigenvalue weighted by molar-refractivity contribution is 5.42. The summed E-state index contributed by atoms with van der Waals surface area (Å²) in [4.78, 5) is 0. The highest BCUT2D eigenvalue weighted by Crippen LogP contribution is 2.58. The number of hydrogen-bond donors (Lipinski definition) is 1. The van der Waals surface area contributed by atoms with Crippen molar-refractivity contribution >= 4 is 5.69 Å². The molecule has 0 fully saturated rings. The second kappa shape index (κ2) is 4.45. The van der Waals surface area contributed by atoms with Gasteiger partial charge in [-0.1, -0.05) is 12.1 Å². The van der Waals surface area contributed by atoms with E-state index in [0.29, 0.717) is 12.1 Å². The number of nitrogens with two attached hydrogens (primary N) is 1. The lowest BCUT2D eigenvalue weighted by Gasteiger charge is -2.36. The molecule has 0 aliphatic carbocycles. The molecule has 0 aromatic heterocycles. The van der Waals surface area contributed by atoms with Crippen LogP contribution in [0.3, 0.4) is 0 Å². The van der Waals surface area contributed by atoms with Gasteiger partial charge in [0.15, 0.2) is 0 Å². The zero-order chi connectivity index (χ0) is 16.0. The largest absolute Gasteiger partial charge is 0.457 e. The van der Waals surface area contributed by atoms with Gasteiger partial charge in [-0.2, -0.15) is 35.1 Å². The molecule has 20 heavy (non-hydrogen) atoms. The van der Waals surface area contributed by atoms with E-state index >= 15 is 0 Å².